The van der Waals surface area contributed by atoms with Crippen molar-refractivity contribution in [3.05, 3.63) is 65.3 Å². The second-order valence-electron chi connectivity index (χ2n) is 4.65. The van der Waals surface area contributed by atoms with Gasteiger partial charge in [-0.25, -0.2) is 0 Å². The summed E-state index contributed by atoms with van der Waals surface area (Å²) in [5, 5.41) is 4.29. The van der Waals surface area contributed by atoms with Crippen molar-refractivity contribution in [1.82, 2.24) is 5.16 Å². The molecular formula is C17H12ClNO3S. The van der Waals surface area contributed by atoms with Gasteiger partial charge in [-0.3, -0.25) is 4.79 Å². The molecule has 0 aliphatic heterocycles. The van der Waals surface area contributed by atoms with Crippen molar-refractivity contribution in [2.24, 2.45) is 0 Å². The van der Waals surface area contributed by atoms with Crippen LogP contribution in [0.5, 0.6) is 5.75 Å². The summed E-state index contributed by atoms with van der Waals surface area (Å²) in [6, 6.07) is 16.0. The molecular weight excluding hydrogens is 334 g/mol. The van der Waals surface area contributed by atoms with Gasteiger partial charge < -0.3 is 9.26 Å². The summed E-state index contributed by atoms with van der Waals surface area (Å²) >= 11 is 6.91. The van der Waals surface area contributed by atoms with Gasteiger partial charge in [0.25, 0.3) is 0 Å². The van der Waals surface area contributed by atoms with E-state index in [1.54, 1.807) is 37.4 Å². The first kappa shape index (κ1) is 15.6. The van der Waals surface area contributed by atoms with Crippen LogP contribution in [-0.4, -0.2) is 17.4 Å². The number of rotatable bonds is 4. The molecule has 1 aromatic heterocycles. The Balaban J connectivity index is 1.75. The zero-order chi connectivity index (χ0) is 16.2. The largest absolute Gasteiger partial charge is 0.497 e. The van der Waals surface area contributed by atoms with E-state index in [4.69, 9.17) is 20.9 Å². The van der Waals surface area contributed by atoms with Gasteiger partial charge in [0.15, 0.2) is 11.5 Å². The third-order valence-corrected chi connectivity index (χ3v) is 4.27. The molecule has 3 aromatic rings. The second-order valence-corrected chi connectivity index (χ2v) is 6.13. The highest BCUT2D eigenvalue weighted by molar-refractivity contribution is 8.14. The van der Waals surface area contributed by atoms with Crippen LogP contribution in [-0.2, 0) is 0 Å². The summed E-state index contributed by atoms with van der Waals surface area (Å²) in [7, 11) is 1.61. The average molecular weight is 346 g/mol. The van der Waals surface area contributed by atoms with Gasteiger partial charge in [0.2, 0.25) is 5.12 Å². The summed E-state index contributed by atoms with van der Waals surface area (Å²) in [5.74, 6) is 1.29. The molecule has 0 spiro atoms. The maximum Gasteiger partial charge on any atom is 0.246 e. The lowest BCUT2D eigenvalue weighted by Gasteiger charge is -1.99. The monoisotopic (exact) mass is 345 g/mol. The number of hydrogen-bond acceptors (Lipinski definition) is 5. The van der Waals surface area contributed by atoms with Crippen molar-refractivity contribution in [2.75, 3.05) is 7.11 Å². The van der Waals surface area contributed by atoms with Gasteiger partial charge in [-0.05, 0) is 60.3 Å². The molecule has 0 unspecified atom stereocenters. The van der Waals surface area contributed by atoms with Gasteiger partial charge in [-0.1, -0.05) is 16.8 Å². The average Bonchev–Trinajstić information content (AvgIpc) is 3.07. The van der Waals surface area contributed by atoms with Crippen LogP contribution in [0.4, 0.5) is 0 Å². The van der Waals surface area contributed by atoms with Crippen LogP contribution in [0.25, 0.3) is 11.3 Å². The maximum absolute atomic E-state index is 12.2. The van der Waals surface area contributed by atoms with Crippen molar-refractivity contribution in [3.8, 4) is 17.1 Å². The number of halogens is 1. The SMILES string of the molecule is COc1ccc(-c2cc(C(=O)Sc3ccc(Cl)cc3)no2)cc1. The van der Waals surface area contributed by atoms with Gasteiger partial charge in [0, 0.05) is 21.5 Å². The van der Waals surface area contributed by atoms with Gasteiger partial charge in [0.1, 0.15) is 5.75 Å². The minimum absolute atomic E-state index is 0.184. The first-order valence-corrected chi connectivity index (χ1v) is 7.94. The highest BCUT2D eigenvalue weighted by Crippen LogP contribution is 2.27. The molecule has 4 nitrogen and oxygen atoms in total. The Morgan fingerprint density at radius 2 is 1.83 bits per heavy atom. The minimum Gasteiger partial charge on any atom is -0.497 e. The topological polar surface area (TPSA) is 52.3 Å². The molecule has 0 aliphatic rings. The fourth-order valence-corrected chi connectivity index (χ4v) is 2.74. The molecule has 0 saturated heterocycles. The number of carbonyl (C=O) groups excluding carboxylic acids is 1. The van der Waals surface area contributed by atoms with E-state index in [9.17, 15) is 4.79 Å². The quantitative estimate of drug-likeness (QED) is 0.627. The minimum atomic E-state index is -0.184. The zero-order valence-corrected chi connectivity index (χ0v) is 13.7. The van der Waals surface area contributed by atoms with Crippen molar-refractivity contribution in [1.29, 1.82) is 0 Å². The molecule has 3 rings (SSSR count). The maximum atomic E-state index is 12.2. The van der Waals surface area contributed by atoms with E-state index >= 15 is 0 Å². The van der Waals surface area contributed by atoms with E-state index < -0.39 is 0 Å². The highest BCUT2D eigenvalue weighted by atomic mass is 35.5. The summed E-state index contributed by atoms with van der Waals surface area (Å²) in [5.41, 5.74) is 1.10. The van der Waals surface area contributed by atoms with Crippen LogP contribution in [0.2, 0.25) is 5.02 Å². The first-order valence-electron chi connectivity index (χ1n) is 6.74. The standard InChI is InChI=1S/C17H12ClNO3S/c1-21-13-6-2-11(3-7-13)16-10-15(19-22-16)17(20)23-14-8-4-12(18)5-9-14/h2-10H,1H3. The summed E-state index contributed by atoms with van der Waals surface area (Å²) < 4.78 is 10.4. The van der Waals surface area contributed by atoms with E-state index in [-0.39, 0.29) is 10.8 Å². The molecule has 0 radical (unpaired) electrons. The van der Waals surface area contributed by atoms with Crippen molar-refractivity contribution in [2.45, 2.75) is 4.90 Å². The fraction of sp³-hybridized carbons (Fsp3) is 0.0588. The lowest BCUT2D eigenvalue weighted by atomic mass is 10.1. The molecule has 116 valence electrons. The van der Waals surface area contributed by atoms with Crippen LogP contribution < -0.4 is 4.74 Å². The van der Waals surface area contributed by atoms with Gasteiger partial charge in [-0.15, -0.1) is 0 Å². The highest BCUT2D eigenvalue weighted by Gasteiger charge is 2.15. The molecule has 0 N–H and O–H groups in total. The first-order chi connectivity index (χ1) is 11.2. The molecule has 6 heteroatoms. The molecule has 0 bridgehead atoms. The predicted octanol–water partition coefficient (Wildman–Crippen LogP) is 4.94. The van der Waals surface area contributed by atoms with Crippen molar-refractivity contribution >= 4 is 28.5 Å². The number of benzene rings is 2. The van der Waals surface area contributed by atoms with Gasteiger partial charge >= 0.3 is 0 Å². The van der Waals surface area contributed by atoms with E-state index in [0.717, 1.165) is 28.0 Å². The lowest BCUT2D eigenvalue weighted by molar-refractivity contribution is 0.108. The molecule has 23 heavy (non-hydrogen) atoms. The normalized spacial score (nSPS) is 10.5. The number of nitrogens with zero attached hydrogens (tertiary/aromatic N) is 1. The van der Waals surface area contributed by atoms with Crippen LogP contribution in [0.15, 0.2) is 64.0 Å². The Labute approximate surface area is 142 Å². The molecule has 0 saturated carbocycles. The lowest BCUT2D eigenvalue weighted by Crippen LogP contribution is -1.92. The molecule has 0 amide bonds. The molecule has 0 atom stereocenters. The van der Waals surface area contributed by atoms with Crippen LogP contribution in [0.3, 0.4) is 0 Å². The molecule has 0 aliphatic carbocycles. The number of hydrogen-bond donors (Lipinski definition) is 0. The number of thioether (sulfide) groups is 1. The van der Waals surface area contributed by atoms with Crippen LogP contribution in [0, 0.1) is 0 Å². The van der Waals surface area contributed by atoms with Crippen molar-refractivity contribution < 1.29 is 14.1 Å². The summed E-state index contributed by atoms with van der Waals surface area (Å²) in [6.45, 7) is 0. The number of ether oxygens (including phenoxy) is 1. The van der Waals surface area contributed by atoms with E-state index in [1.807, 2.05) is 24.3 Å². The fourth-order valence-electron chi connectivity index (χ4n) is 1.92. The van der Waals surface area contributed by atoms with E-state index in [0.29, 0.717) is 10.8 Å². The summed E-state index contributed by atoms with van der Waals surface area (Å²) in [6.07, 6.45) is 0. The van der Waals surface area contributed by atoms with Crippen LogP contribution in [0.1, 0.15) is 10.5 Å². The van der Waals surface area contributed by atoms with Gasteiger partial charge in [-0.2, -0.15) is 0 Å². The molecule has 1 heterocycles. The predicted molar refractivity (Wildman–Crippen MR) is 90.1 cm³/mol. The molecule has 2 aromatic carbocycles. The Bertz CT molecular complexity index is 813. The second kappa shape index (κ2) is 6.89. The number of methoxy groups -OCH3 is 1. The Morgan fingerprint density at radius 3 is 2.48 bits per heavy atom. The van der Waals surface area contributed by atoms with Crippen LogP contribution >= 0.6 is 23.4 Å². The van der Waals surface area contributed by atoms with Crippen molar-refractivity contribution in [3.63, 3.8) is 0 Å². The summed E-state index contributed by atoms with van der Waals surface area (Å²) in [4.78, 5) is 13.0. The number of aromatic nitrogens is 1. The van der Waals surface area contributed by atoms with E-state index in [2.05, 4.69) is 5.16 Å². The third-order valence-electron chi connectivity index (χ3n) is 3.12. The Hall–Kier alpha value is -2.24. The smallest absolute Gasteiger partial charge is 0.246 e. The number of carbonyl (C=O) groups is 1. The third kappa shape index (κ3) is 3.75. The van der Waals surface area contributed by atoms with Gasteiger partial charge in [0.05, 0.1) is 7.11 Å². The zero-order valence-electron chi connectivity index (χ0n) is 12.2. The Kier molecular flexibility index (Phi) is 4.69. The Morgan fingerprint density at radius 1 is 1.13 bits per heavy atom. The molecule has 0 fully saturated rings. The van der Waals surface area contributed by atoms with E-state index in [1.165, 1.54) is 0 Å².